The molecule has 0 saturated carbocycles. The van der Waals surface area contributed by atoms with Crippen LogP contribution in [0.1, 0.15) is 42.5 Å². The van der Waals surface area contributed by atoms with Gasteiger partial charge in [0.1, 0.15) is 11.8 Å². The number of amides is 2. The molecule has 178 valence electrons. The first-order chi connectivity index (χ1) is 16.4. The lowest BCUT2D eigenvalue weighted by Crippen LogP contribution is -2.47. The van der Waals surface area contributed by atoms with Crippen LogP contribution in [0.4, 0.5) is 0 Å². The Balaban J connectivity index is 1.74. The third-order valence-corrected chi connectivity index (χ3v) is 6.29. The fourth-order valence-corrected chi connectivity index (χ4v) is 4.47. The highest BCUT2D eigenvalue weighted by molar-refractivity contribution is 6.00. The van der Waals surface area contributed by atoms with Gasteiger partial charge >= 0.3 is 5.69 Å². The van der Waals surface area contributed by atoms with E-state index >= 15 is 0 Å². The second kappa shape index (κ2) is 9.59. The fraction of sp³-hybridized carbons (Fsp3) is 0.346. The average molecular weight is 464 g/mol. The first-order valence-electron chi connectivity index (χ1n) is 11.3. The van der Waals surface area contributed by atoms with Gasteiger partial charge in [0.05, 0.1) is 37.6 Å². The van der Waals surface area contributed by atoms with E-state index in [-0.39, 0.29) is 36.9 Å². The Hall–Kier alpha value is -3.81. The highest BCUT2D eigenvalue weighted by atomic mass is 16.5. The molecular weight excluding hydrogens is 434 g/mol. The lowest BCUT2D eigenvalue weighted by Gasteiger charge is -2.31. The van der Waals surface area contributed by atoms with Crippen LogP contribution in [0.3, 0.4) is 0 Å². The van der Waals surface area contributed by atoms with Gasteiger partial charge in [-0.25, -0.2) is 4.79 Å². The fourth-order valence-electron chi connectivity index (χ4n) is 4.47. The molecule has 1 fully saturated rings. The molecule has 1 aliphatic heterocycles. The number of carbonyl (C=O) groups excluding carboxylic acids is 2. The summed E-state index contributed by atoms with van der Waals surface area (Å²) >= 11 is 0. The first-order valence-corrected chi connectivity index (χ1v) is 11.3. The second-order valence-electron chi connectivity index (χ2n) is 8.35. The maximum Gasteiger partial charge on any atom is 0.329 e. The SMILES string of the molecule is CCO/C=C/c1c(C)ccc2c1n(C)c(=O)n2C1CCC(=O)N(Cc2ccc(OC)cc2)C1=O. The minimum absolute atomic E-state index is 0.152. The van der Waals surface area contributed by atoms with Crippen LogP contribution >= 0.6 is 0 Å². The van der Waals surface area contributed by atoms with Gasteiger partial charge in [-0.05, 0) is 55.7 Å². The van der Waals surface area contributed by atoms with Gasteiger partial charge in [0.25, 0.3) is 5.91 Å². The zero-order valence-electron chi connectivity index (χ0n) is 19.9. The summed E-state index contributed by atoms with van der Waals surface area (Å²) in [7, 11) is 3.28. The van der Waals surface area contributed by atoms with Crippen molar-refractivity contribution >= 4 is 28.9 Å². The molecule has 0 bridgehead atoms. The molecular formula is C26H29N3O5. The second-order valence-corrected chi connectivity index (χ2v) is 8.35. The van der Waals surface area contributed by atoms with Gasteiger partial charge in [0.2, 0.25) is 5.91 Å². The zero-order valence-corrected chi connectivity index (χ0v) is 19.9. The highest BCUT2D eigenvalue weighted by Gasteiger charge is 2.37. The number of rotatable bonds is 7. The summed E-state index contributed by atoms with van der Waals surface area (Å²) in [6.07, 6.45) is 3.93. The van der Waals surface area contributed by atoms with Gasteiger partial charge in [-0.2, -0.15) is 0 Å². The van der Waals surface area contributed by atoms with Gasteiger partial charge in [-0.3, -0.25) is 23.6 Å². The van der Waals surface area contributed by atoms with Crippen molar-refractivity contribution in [3.63, 3.8) is 0 Å². The highest BCUT2D eigenvalue weighted by Crippen LogP contribution is 2.30. The molecule has 8 nitrogen and oxygen atoms in total. The number of likely N-dealkylation sites (tertiary alicyclic amines) is 1. The molecule has 0 spiro atoms. The van der Waals surface area contributed by atoms with Crippen molar-refractivity contribution < 1.29 is 19.1 Å². The van der Waals surface area contributed by atoms with Crippen LogP contribution in [-0.2, 0) is 27.9 Å². The standard InChI is InChI=1S/C26H29N3O5/c1-5-34-15-14-20-17(2)6-11-21-24(20)27(3)26(32)29(21)22-12-13-23(30)28(25(22)31)16-18-7-9-19(33-4)10-8-18/h6-11,14-15,22H,5,12-13,16H2,1-4H3/b15-14+. The summed E-state index contributed by atoms with van der Waals surface area (Å²) in [5.41, 5.74) is 3.76. The molecule has 2 amide bonds. The average Bonchev–Trinajstić information content (AvgIpc) is 3.09. The number of ether oxygens (including phenoxy) is 2. The number of imide groups is 1. The minimum Gasteiger partial charge on any atom is -0.501 e. The Morgan fingerprint density at radius 3 is 2.50 bits per heavy atom. The molecule has 8 heteroatoms. The van der Waals surface area contributed by atoms with Crippen molar-refractivity contribution in [2.24, 2.45) is 7.05 Å². The maximum atomic E-state index is 13.5. The molecule has 1 aromatic heterocycles. The van der Waals surface area contributed by atoms with Crippen molar-refractivity contribution in [3.8, 4) is 5.75 Å². The molecule has 2 heterocycles. The third kappa shape index (κ3) is 4.11. The number of imidazole rings is 1. The van der Waals surface area contributed by atoms with Crippen LogP contribution in [-0.4, -0.2) is 39.6 Å². The Bertz CT molecular complexity index is 1320. The predicted octanol–water partition coefficient (Wildman–Crippen LogP) is 3.55. The van der Waals surface area contributed by atoms with Crippen molar-refractivity contribution in [1.82, 2.24) is 14.0 Å². The summed E-state index contributed by atoms with van der Waals surface area (Å²) in [6.45, 7) is 4.56. The number of hydrogen-bond acceptors (Lipinski definition) is 5. The molecule has 1 atom stereocenters. The van der Waals surface area contributed by atoms with Crippen molar-refractivity contribution in [2.45, 2.75) is 39.3 Å². The lowest BCUT2D eigenvalue weighted by atomic mass is 10.0. The minimum atomic E-state index is -0.751. The first kappa shape index (κ1) is 23.4. The number of hydrogen-bond donors (Lipinski definition) is 0. The van der Waals surface area contributed by atoms with Crippen molar-refractivity contribution in [2.75, 3.05) is 13.7 Å². The van der Waals surface area contributed by atoms with E-state index in [1.165, 1.54) is 9.47 Å². The molecule has 0 aliphatic carbocycles. The smallest absolute Gasteiger partial charge is 0.329 e. The van der Waals surface area contributed by atoms with Crippen LogP contribution in [0, 0.1) is 6.92 Å². The number of aromatic nitrogens is 2. The normalized spacial score (nSPS) is 16.6. The summed E-state index contributed by atoms with van der Waals surface area (Å²) in [6, 6.07) is 10.3. The van der Waals surface area contributed by atoms with E-state index in [4.69, 9.17) is 9.47 Å². The van der Waals surface area contributed by atoms with E-state index < -0.39 is 6.04 Å². The molecule has 1 unspecified atom stereocenters. The van der Waals surface area contributed by atoms with Gasteiger partial charge in [-0.1, -0.05) is 18.2 Å². The van der Waals surface area contributed by atoms with Crippen LogP contribution in [0.5, 0.6) is 5.75 Å². The Morgan fingerprint density at radius 1 is 1.09 bits per heavy atom. The maximum absolute atomic E-state index is 13.5. The van der Waals surface area contributed by atoms with Crippen LogP contribution in [0.15, 0.2) is 47.5 Å². The summed E-state index contributed by atoms with van der Waals surface area (Å²) in [5.74, 6) is 0.0971. The largest absolute Gasteiger partial charge is 0.501 e. The van der Waals surface area contributed by atoms with E-state index in [0.717, 1.165) is 22.2 Å². The van der Waals surface area contributed by atoms with E-state index in [2.05, 4.69) is 0 Å². The molecule has 0 N–H and O–H groups in total. The Morgan fingerprint density at radius 2 is 1.82 bits per heavy atom. The predicted molar refractivity (Wildman–Crippen MR) is 129 cm³/mol. The van der Waals surface area contributed by atoms with Gasteiger partial charge in [0.15, 0.2) is 0 Å². The molecule has 1 saturated heterocycles. The van der Waals surface area contributed by atoms with Gasteiger partial charge < -0.3 is 9.47 Å². The van der Waals surface area contributed by atoms with E-state index in [9.17, 15) is 14.4 Å². The van der Waals surface area contributed by atoms with Gasteiger partial charge in [-0.15, -0.1) is 0 Å². The number of carbonyl (C=O) groups is 2. The summed E-state index contributed by atoms with van der Waals surface area (Å²) in [4.78, 5) is 40.8. The summed E-state index contributed by atoms with van der Waals surface area (Å²) < 4.78 is 13.6. The Kier molecular flexibility index (Phi) is 6.58. The molecule has 0 radical (unpaired) electrons. The molecule has 2 aromatic carbocycles. The van der Waals surface area contributed by atoms with Gasteiger partial charge in [0, 0.05) is 19.0 Å². The quantitative estimate of drug-likeness (QED) is 0.395. The molecule has 4 rings (SSSR count). The van der Waals surface area contributed by atoms with Crippen LogP contribution in [0.25, 0.3) is 17.1 Å². The number of nitrogens with zero attached hydrogens (tertiary/aromatic N) is 3. The monoisotopic (exact) mass is 463 g/mol. The molecule has 3 aromatic rings. The van der Waals surface area contributed by atoms with Crippen LogP contribution in [0.2, 0.25) is 0 Å². The molecule has 34 heavy (non-hydrogen) atoms. The number of aryl methyl sites for hydroxylation is 2. The Labute approximate surface area is 198 Å². The number of methoxy groups -OCH3 is 1. The number of benzene rings is 2. The van der Waals surface area contributed by atoms with Crippen molar-refractivity contribution in [1.29, 1.82) is 0 Å². The third-order valence-electron chi connectivity index (χ3n) is 6.29. The van der Waals surface area contributed by atoms with Crippen LogP contribution < -0.4 is 10.4 Å². The van der Waals surface area contributed by atoms with Crippen molar-refractivity contribution in [3.05, 3.63) is 69.8 Å². The number of piperidine rings is 1. The zero-order chi connectivity index (χ0) is 24.4. The van der Waals surface area contributed by atoms with E-state index in [0.29, 0.717) is 17.9 Å². The van der Waals surface area contributed by atoms with E-state index in [1.807, 2.05) is 44.2 Å². The summed E-state index contributed by atoms with van der Waals surface area (Å²) in [5, 5.41) is 0. The van der Waals surface area contributed by atoms with E-state index in [1.54, 1.807) is 37.1 Å². The lowest BCUT2D eigenvalue weighted by molar-refractivity contribution is -0.151. The molecule has 1 aliphatic rings. The topological polar surface area (TPSA) is 82.8 Å². The number of fused-ring (bicyclic) bond motifs is 1.